The van der Waals surface area contributed by atoms with Crippen LogP contribution in [0.3, 0.4) is 0 Å². The average Bonchev–Trinajstić information content (AvgIpc) is 3.37. The normalized spacial score (nSPS) is 28.1. The molecule has 1 aliphatic heterocycles. The van der Waals surface area contributed by atoms with E-state index in [1.54, 1.807) is 13.8 Å². The van der Waals surface area contributed by atoms with E-state index in [0.29, 0.717) is 19.4 Å². The summed E-state index contributed by atoms with van der Waals surface area (Å²) in [4.78, 5) is 12.0. The summed E-state index contributed by atoms with van der Waals surface area (Å²) in [5, 5.41) is 10.4. The van der Waals surface area contributed by atoms with Crippen molar-refractivity contribution >= 4 is 20.9 Å². The second-order valence-corrected chi connectivity index (χ2v) is 12.9. The van der Waals surface area contributed by atoms with Crippen molar-refractivity contribution in [2.45, 2.75) is 69.2 Å². The fraction of sp³-hybridized carbons (Fsp3) is 0.696. The minimum absolute atomic E-state index is 0.0405. The first-order valence-corrected chi connectivity index (χ1v) is 13.2. The van der Waals surface area contributed by atoms with Gasteiger partial charge in [-0.3, -0.25) is 4.79 Å². The van der Waals surface area contributed by atoms with E-state index in [-0.39, 0.29) is 29.5 Å². The minimum atomic E-state index is -4.98. The Balaban J connectivity index is 1.69. The van der Waals surface area contributed by atoms with E-state index in [0.717, 1.165) is 12.3 Å². The van der Waals surface area contributed by atoms with Gasteiger partial charge in [0.1, 0.15) is 9.84 Å². The topological polar surface area (TPSA) is 98.7 Å². The summed E-state index contributed by atoms with van der Waals surface area (Å²) in [6.07, 6.45) is -1.12. The molecule has 1 saturated carbocycles. The van der Waals surface area contributed by atoms with E-state index < -0.39 is 56.6 Å². The van der Waals surface area contributed by atoms with E-state index in [4.69, 9.17) is 9.15 Å². The number of aromatic nitrogens is 1. The number of rotatable bonds is 6. The van der Waals surface area contributed by atoms with Crippen LogP contribution in [-0.2, 0) is 21.1 Å². The molecule has 0 amide bonds. The monoisotopic (exact) mass is 505 g/mol. The number of sulfone groups is 1. The van der Waals surface area contributed by atoms with Gasteiger partial charge in [0.05, 0.1) is 29.7 Å². The summed E-state index contributed by atoms with van der Waals surface area (Å²) in [6.45, 7) is 2.87. The minimum Gasteiger partial charge on any atom is -0.459 e. The molecule has 2 aromatic heterocycles. The van der Waals surface area contributed by atoms with Crippen molar-refractivity contribution in [3.8, 4) is 0 Å². The first-order valence-electron chi connectivity index (χ1n) is 11.3. The van der Waals surface area contributed by atoms with Crippen LogP contribution in [0.4, 0.5) is 13.2 Å². The molecule has 0 spiro atoms. The van der Waals surface area contributed by atoms with Gasteiger partial charge in [0.2, 0.25) is 5.43 Å². The second-order valence-electron chi connectivity index (χ2n) is 10.6. The summed E-state index contributed by atoms with van der Waals surface area (Å²) in [5.41, 5.74) is -4.64. The van der Waals surface area contributed by atoms with Crippen LogP contribution in [-0.4, -0.2) is 54.1 Å². The average molecular weight is 506 g/mol. The number of nitrogens with zero attached hydrogens (tertiary/aromatic N) is 1. The fourth-order valence-electron chi connectivity index (χ4n) is 5.89. The fourth-order valence-corrected chi connectivity index (χ4v) is 7.05. The highest BCUT2D eigenvalue weighted by molar-refractivity contribution is 7.91. The second kappa shape index (κ2) is 8.37. The Bertz CT molecular complexity index is 1220. The third-order valence-electron chi connectivity index (χ3n) is 7.64. The predicted octanol–water partition coefficient (Wildman–Crippen LogP) is 3.53. The summed E-state index contributed by atoms with van der Waals surface area (Å²) >= 11 is 0. The summed E-state index contributed by atoms with van der Waals surface area (Å²) in [6, 6.07) is 2.48. The molecule has 0 bridgehead atoms. The van der Waals surface area contributed by atoms with Crippen LogP contribution < -0.4 is 5.43 Å². The van der Waals surface area contributed by atoms with Crippen molar-refractivity contribution in [2.75, 3.05) is 12.9 Å². The highest BCUT2D eigenvalue weighted by atomic mass is 32.2. The Hall–Kier alpha value is -1.85. The zero-order valence-electron chi connectivity index (χ0n) is 19.3. The van der Waals surface area contributed by atoms with Gasteiger partial charge in [-0.2, -0.15) is 13.2 Å². The molecule has 0 radical (unpaired) electrons. The molecule has 190 valence electrons. The maximum absolute atomic E-state index is 14.4. The number of hydrogen-bond acceptors (Lipinski definition) is 6. The third-order valence-corrected chi connectivity index (χ3v) is 9.24. The van der Waals surface area contributed by atoms with E-state index in [2.05, 4.69) is 0 Å². The zero-order chi connectivity index (χ0) is 25.1. The molecular formula is C23H30F3NO6S. The lowest BCUT2D eigenvalue weighted by Gasteiger charge is -2.48. The Morgan fingerprint density at radius 1 is 1.21 bits per heavy atom. The largest absolute Gasteiger partial charge is 0.459 e. The van der Waals surface area contributed by atoms with Crippen LogP contribution in [0.25, 0.3) is 11.1 Å². The molecule has 11 heteroatoms. The van der Waals surface area contributed by atoms with E-state index in [9.17, 15) is 31.5 Å². The summed E-state index contributed by atoms with van der Waals surface area (Å²) in [7, 11) is -3.38. The van der Waals surface area contributed by atoms with Gasteiger partial charge < -0.3 is 18.8 Å². The predicted molar refractivity (Wildman–Crippen MR) is 119 cm³/mol. The van der Waals surface area contributed by atoms with Gasteiger partial charge in [-0.15, -0.1) is 0 Å². The van der Waals surface area contributed by atoms with Gasteiger partial charge >= 0.3 is 6.18 Å². The number of hydrogen-bond donors (Lipinski definition) is 1. The first-order chi connectivity index (χ1) is 15.6. The van der Waals surface area contributed by atoms with Crippen molar-refractivity contribution in [1.82, 2.24) is 4.57 Å². The van der Waals surface area contributed by atoms with E-state index in [1.165, 1.54) is 23.1 Å². The smallest absolute Gasteiger partial charge is 0.418 e. The lowest BCUT2D eigenvalue weighted by Crippen LogP contribution is -2.55. The Labute approximate surface area is 195 Å². The van der Waals surface area contributed by atoms with Gasteiger partial charge in [0, 0.05) is 31.2 Å². The van der Waals surface area contributed by atoms with E-state index >= 15 is 0 Å². The molecule has 1 N–H and O–H groups in total. The number of alkyl halides is 3. The molecule has 2 fully saturated rings. The molecule has 1 saturated heterocycles. The van der Waals surface area contributed by atoms with Crippen molar-refractivity contribution in [1.29, 1.82) is 0 Å². The summed E-state index contributed by atoms with van der Waals surface area (Å²) in [5.74, 6) is -0.522. The molecule has 34 heavy (non-hydrogen) atoms. The molecule has 4 rings (SSSR count). The summed E-state index contributed by atoms with van der Waals surface area (Å²) < 4.78 is 79.9. The van der Waals surface area contributed by atoms with Gasteiger partial charge in [-0.25, -0.2) is 8.42 Å². The third kappa shape index (κ3) is 4.54. The molecule has 5 unspecified atom stereocenters. The van der Waals surface area contributed by atoms with Crippen molar-refractivity contribution in [3.05, 3.63) is 34.8 Å². The maximum Gasteiger partial charge on any atom is 0.418 e. The van der Waals surface area contributed by atoms with Crippen molar-refractivity contribution in [3.63, 3.8) is 0 Å². The maximum atomic E-state index is 14.4. The van der Waals surface area contributed by atoms with Crippen LogP contribution in [0, 0.1) is 17.3 Å². The van der Waals surface area contributed by atoms with Crippen molar-refractivity contribution in [2.24, 2.45) is 17.3 Å². The lowest BCUT2D eigenvalue weighted by atomic mass is 9.62. The van der Waals surface area contributed by atoms with Crippen LogP contribution in [0.2, 0.25) is 0 Å². The molecule has 5 atom stereocenters. The standard InChI is InChI=1S/C23H30F3NO6S/c1-21(2,16-11-15(34(3,30)31)10-14-5-8-32-19(14)16)12-22(29,23(24,25)26)13-27-7-4-18(28)20-17(27)6-9-33-20/h4,6-7,9,14-16,19,29H,5,8,10-13H2,1-3H3. The number of aliphatic hydroxyl groups is 1. The first kappa shape index (κ1) is 25.2. The highest BCUT2D eigenvalue weighted by Gasteiger charge is 2.59. The number of ether oxygens (including phenoxy) is 1. The molecule has 7 nitrogen and oxygen atoms in total. The quantitative estimate of drug-likeness (QED) is 0.645. The molecule has 2 aromatic rings. The van der Waals surface area contributed by atoms with E-state index in [1.807, 2.05) is 0 Å². The molecular weight excluding hydrogens is 475 g/mol. The molecule has 2 aliphatic rings. The Morgan fingerprint density at radius 3 is 2.56 bits per heavy atom. The molecule has 1 aliphatic carbocycles. The van der Waals surface area contributed by atoms with Crippen LogP contribution in [0.1, 0.15) is 39.5 Å². The van der Waals surface area contributed by atoms with Gasteiger partial charge in [-0.1, -0.05) is 13.8 Å². The molecule has 3 heterocycles. The van der Waals surface area contributed by atoms with Gasteiger partial charge in [-0.05, 0) is 42.9 Å². The number of fused-ring (bicyclic) bond motifs is 2. The van der Waals surface area contributed by atoms with Crippen molar-refractivity contribution < 1.29 is 35.8 Å². The number of halogens is 3. The van der Waals surface area contributed by atoms with Gasteiger partial charge in [0.15, 0.2) is 11.2 Å². The Kier molecular flexibility index (Phi) is 6.22. The zero-order valence-corrected chi connectivity index (χ0v) is 20.2. The van der Waals surface area contributed by atoms with Crippen LogP contribution in [0.5, 0.6) is 0 Å². The number of furan rings is 1. The molecule has 0 aromatic carbocycles. The Morgan fingerprint density at radius 2 is 1.91 bits per heavy atom. The van der Waals surface area contributed by atoms with Crippen LogP contribution >= 0.6 is 0 Å². The highest BCUT2D eigenvalue weighted by Crippen LogP contribution is 2.52. The lowest BCUT2D eigenvalue weighted by molar-refractivity contribution is -0.278. The number of pyridine rings is 1. The van der Waals surface area contributed by atoms with Crippen LogP contribution in [0.15, 0.2) is 33.8 Å². The SMILES string of the molecule is CC(C)(CC(O)(Cn1ccc(=O)c2occc21)C(F)(F)F)C1CC(S(C)(=O)=O)CC2CCOC21. The van der Waals surface area contributed by atoms with Gasteiger partial charge in [0.25, 0.3) is 0 Å².